The topological polar surface area (TPSA) is 53.6 Å². The van der Waals surface area contributed by atoms with Crippen LogP contribution in [-0.4, -0.2) is 30.0 Å². The lowest BCUT2D eigenvalue weighted by molar-refractivity contribution is 0.422. The van der Waals surface area contributed by atoms with Crippen molar-refractivity contribution in [3.63, 3.8) is 0 Å². The summed E-state index contributed by atoms with van der Waals surface area (Å²) in [5.74, 6) is 6.41. The lowest BCUT2D eigenvalue weighted by atomic mass is 9.96. The molecule has 0 radical (unpaired) electrons. The number of hydrogen-bond acceptors (Lipinski definition) is 2. The Morgan fingerprint density at radius 2 is 1.87 bits per heavy atom. The van der Waals surface area contributed by atoms with E-state index in [9.17, 15) is 0 Å². The van der Waals surface area contributed by atoms with Gasteiger partial charge in [0, 0.05) is 13.1 Å². The van der Waals surface area contributed by atoms with Crippen LogP contribution in [0.2, 0.25) is 0 Å². The molecule has 0 heterocycles. The summed E-state index contributed by atoms with van der Waals surface area (Å²) in [6.45, 7) is 0. The van der Waals surface area contributed by atoms with Crippen LogP contribution >= 0.6 is 0 Å². The first kappa shape index (κ1) is 10.7. The van der Waals surface area contributed by atoms with Crippen LogP contribution in [-0.2, 0) is 0 Å². The molecule has 0 aromatic rings. The van der Waals surface area contributed by atoms with E-state index in [4.69, 9.17) is 10.8 Å². The standard InChI is InChI=1S/C11H22N4/c1-15(10-7-8-10)11(14-12)13-9-5-3-2-4-6-9/h9-10H,2-8,12H2,1H3,(H,13,14). The summed E-state index contributed by atoms with van der Waals surface area (Å²) in [6, 6.07) is 1.16. The minimum absolute atomic E-state index is 0.492. The third-order valence-corrected chi connectivity index (χ3v) is 3.44. The minimum Gasteiger partial charge on any atom is -0.342 e. The van der Waals surface area contributed by atoms with Crippen LogP contribution in [0.25, 0.3) is 0 Å². The highest BCUT2D eigenvalue weighted by molar-refractivity contribution is 5.79. The van der Waals surface area contributed by atoms with E-state index >= 15 is 0 Å². The molecule has 0 aromatic carbocycles. The van der Waals surface area contributed by atoms with E-state index in [1.807, 2.05) is 0 Å². The molecule has 0 atom stereocenters. The second-order valence-corrected chi connectivity index (χ2v) is 4.73. The Balaban J connectivity index is 1.93. The van der Waals surface area contributed by atoms with Gasteiger partial charge >= 0.3 is 0 Å². The number of aliphatic imine (C=N–C) groups is 1. The predicted molar refractivity (Wildman–Crippen MR) is 62.4 cm³/mol. The Bertz CT molecular complexity index is 229. The SMILES string of the molecule is CN(C(=NC1CCCCC1)NN)C1CC1. The highest BCUT2D eigenvalue weighted by Gasteiger charge is 2.28. The summed E-state index contributed by atoms with van der Waals surface area (Å²) in [5.41, 5.74) is 2.75. The van der Waals surface area contributed by atoms with Crippen LogP contribution in [0.5, 0.6) is 0 Å². The maximum absolute atomic E-state index is 5.53. The van der Waals surface area contributed by atoms with Gasteiger partial charge in [-0.05, 0) is 25.7 Å². The highest BCUT2D eigenvalue weighted by atomic mass is 15.4. The Hall–Kier alpha value is -0.770. The first-order chi connectivity index (χ1) is 7.31. The summed E-state index contributed by atoms with van der Waals surface area (Å²) in [7, 11) is 2.08. The van der Waals surface area contributed by atoms with Gasteiger partial charge in [0.1, 0.15) is 0 Å². The van der Waals surface area contributed by atoms with Crippen LogP contribution in [0.3, 0.4) is 0 Å². The van der Waals surface area contributed by atoms with E-state index < -0.39 is 0 Å². The average Bonchev–Trinajstić information content (AvgIpc) is 3.10. The number of rotatable bonds is 2. The summed E-state index contributed by atoms with van der Waals surface area (Å²) in [6.07, 6.45) is 9.02. The van der Waals surface area contributed by atoms with Gasteiger partial charge < -0.3 is 4.90 Å². The number of nitrogens with one attached hydrogen (secondary N) is 1. The molecular formula is C11H22N4. The van der Waals surface area contributed by atoms with Crippen molar-refractivity contribution >= 4 is 5.96 Å². The third kappa shape index (κ3) is 2.84. The van der Waals surface area contributed by atoms with E-state index in [2.05, 4.69) is 17.4 Å². The Kier molecular flexibility index (Phi) is 3.46. The molecule has 0 bridgehead atoms. The van der Waals surface area contributed by atoms with Gasteiger partial charge in [0.15, 0.2) is 0 Å². The Morgan fingerprint density at radius 1 is 1.20 bits per heavy atom. The smallest absolute Gasteiger partial charge is 0.208 e. The Morgan fingerprint density at radius 3 is 2.40 bits per heavy atom. The van der Waals surface area contributed by atoms with Crippen molar-refractivity contribution in [2.45, 2.75) is 57.0 Å². The molecule has 2 saturated carbocycles. The van der Waals surface area contributed by atoms with Crippen molar-refractivity contribution in [2.75, 3.05) is 7.05 Å². The molecule has 86 valence electrons. The molecule has 0 amide bonds. The molecule has 0 saturated heterocycles. The number of nitrogens with two attached hydrogens (primary N) is 1. The summed E-state index contributed by atoms with van der Waals surface area (Å²) >= 11 is 0. The van der Waals surface area contributed by atoms with E-state index in [0.29, 0.717) is 12.1 Å². The molecule has 3 N–H and O–H groups in total. The number of guanidine groups is 1. The molecule has 0 aromatic heterocycles. The average molecular weight is 210 g/mol. The van der Waals surface area contributed by atoms with Crippen LogP contribution < -0.4 is 11.3 Å². The van der Waals surface area contributed by atoms with E-state index in [-0.39, 0.29) is 0 Å². The zero-order chi connectivity index (χ0) is 10.7. The predicted octanol–water partition coefficient (Wildman–Crippen LogP) is 1.23. The van der Waals surface area contributed by atoms with Gasteiger partial charge in [-0.3, -0.25) is 5.43 Å². The Labute approximate surface area is 91.9 Å². The lowest BCUT2D eigenvalue weighted by Crippen LogP contribution is -2.44. The highest BCUT2D eigenvalue weighted by Crippen LogP contribution is 2.26. The van der Waals surface area contributed by atoms with Gasteiger partial charge in [-0.2, -0.15) is 0 Å². The van der Waals surface area contributed by atoms with Crippen molar-refractivity contribution in [2.24, 2.45) is 10.8 Å². The molecule has 15 heavy (non-hydrogen) atoms. The molecule has 2 rings (SSSR count). The van der Waals surface area contributed by atoms with Gasteiger partial charge in [-0.25, -0.2) is 10.8 Å². The molecular weight excluding hydrogens is 188 g/mol. The van der Waals surface area contributed by atoms with Crippen LogP contribution in [0.4, 0.5) is 0 Å². The van der Waals surface area contributed by atoms with Crippen molar-refractivity contribution in [1.29, 1.82) is 0 Å². The van der Waals surface area contributed by atoms with Gasteiger partial charge in [0.2, 0.25) is 5.96 Å². The molecule has 4 nitrogen and oxygen atoms in total. The first-order valence-corrected chi connectivity index (χ1v) is 6.08. The monoisotopic (exact) mass is 210 g/mol. The molecule has 2 aliphatic rings. The van der Waals surface area contributed by atoms with Gasteiger partial charge in [0.05, 0.1) is 6.04 Å². The maximum atomic E-state index is 5.53. The molecule has 2 aliphatic carbocycles. The van der Waals surface area contributed by atoms with Gasteiger partial charge in [0.25, 0.3) is 0 Å². The zero-order valence-electron chi connectivity index (χ0n) is 9.58. The van der Waals surface area contributed by atoms with Crippen LogP contribution in [0, 0.1) is 0 Å². The second kappa shape index (κ2) is 4.84. The minimum atomic E-state index is 0.492. The fourth-order valence-corrected chi connectivity index (χ4v) is 2.25. The van der Waals surface area contributed by atoms with Crippen molar-refractivity contribution in [3.05, 3.63) is 0 Å². The summed E-state index contributed by atoms with van der Waals surface area (Å²) in [5, 5.41) is 0. The van der Waals surface area contributed by atoms with Crippen molar-refractivity contribution in [1.82, 2.24) is 10.3 Å². The lowest BCUT2D eigenvalue weighted by Gasteiger charge is -2.24. The molecule has 0 aliphatic heterocycles. The van der Waals surface area contributed by atoms with Crippen molar-refractivity contribution in [3.8, 4) is 0 Å². The van der Waals surface area contributed by atoms with Crippen molar-refractivity contribution < 1.29 is 0 Å². The molecule has 4 heteroatoms. The van der Waals surface area contributed by atoms with Gasteiger partial charge in [-0.15, -0.1) is 0 Å². The zero-order valence-corrected chi connectivity index (χ0v) is 9.58. The summed E-state index contributed by atoms with van der Waals surface area (Å²) < 4.78 is 0. The fraction of sp³-hybridized carbons (Fsp3) is 0.909. The van der Waals surface area contributed by atoms with Crippen LogP contribution in [0.1, 0.15) is 44.9 Å². The van der Waals surface area contributed by atoms with Gasteiger partial charge in [-0.1, -0.05) is 19.3 Å². The molecule has 2 fully saturated rings. The quantitative estimate of drug-likeness (QED) is 0.312. The number of nitrogens with zero attached hydrogens (tertiary/aromatic N) is 2. The largest absolute Gasteiger partial charge is 0.342 e. The first-order valence-electron chi connectivity index (χ1n) is 6.08. The molecule has 0 spiro atoms. The number of hydrazine groups is 1. The maximum Gasteiger partial charge on any atom is 0.208 e. The molecule has 0 unspecified atom stereocenters. The second-order valence-electron chi connectivity index (χ2n) is 4.73. The van der Waals surface area contributed by atoms with Crippen LogP contribution in [0.15, 0.2) is 4.99 Å². The third-order valence-electron chi connectivity index (χ3n) is 3.44. The fourth-order valence-electron chi connectivity index (χ4n) is 2.25. The normalized spacial score (nSPS) is 24.0. The number of hydrogen-bond donors (Lipinski definition) is 2. The van der Waals surface area contributed by atoms with E-state index in [0.717, 1.165) is 5.96 Å². The van der Waals surface area contributed by atoms with E-state index in [1.54, 1.807) is 0 Å². The van der Waals surface area contributed by atoms with E-state index in [1.165, 1.54) is 44.9 Å². The summed E-state index contributed by atoms with van der Waals surface area (Å²) in [4.78, 5) is 6.91.